The van der Waals surface area contributed by atoms with E-state index in [4.69, 9.17) is 9.47 Å². The fraction of sp³-hybridized carbons (Fsp3) is 0.562. The van der Waals surface area contributed by atoms with Crippen LogP contribution in [0.5, 0.6) is 11.5 Å². The summed E-state index contributed by atoms with van der Waals surface area (Å²) in [6.07, 6.45) is 0. The van der Waals surface area contributed by atoms with E-state index in [0.717, 1.165) is 17.1 Å². The molecule has 1 heterocycles. The normalized spacial score (nSPS) is 16.4. The van der Waals surface area contributed by atoms with Crippen LogP contribution in [-0.4, -0.2) is 31.2 Å². The van der Waals surface area contributed by atoms with Crippen molar-refractivity contribution in [2.24, 2.45) is 0 Å². The Morgan fingerprint density at radius 3 is 2.43 bits per heavy atom. The average molecular weight is 292 g/mol. The number of hydrogen-bond acceptors (Lipinski definition) is 4. The van der Waals surface area contributed by atoms with Gasteiger partial charge in [-0.15, -0.1) is 0 Å². The lowest BCUT2D eigenvalue weighted by atomic mass is 10.1. The predicted octanol–water partition coefficient (Wildman–Crippen LogP) is 2.02. The molecular formula is C16H24N2O3. The smallest absolute Gasteiger partial charge is 0.237 e. The van der Waals surface area contributed by atoms with Crippen molar-refractivity contribution in [1.82, 2.24) is 10.6 Å². The van der Waals surface area contributed by atoms with E-state index in [1.807, 2.05) is 45.9 Å². The summed E-state index contributed by atoms with van der Waals surface area (Å²) in [6.45, 7) is 8.97. The summed E-state index contributed by atoms with van der Waals surface area (Å²) in [5, 5.41) is 6.20. The molecule has 0 radical (unpaired) electrons. The lowest BCUT2D eigenvalue weighted by Crippen LogP contribution is -2.45. The molecule has 0 aliphatic carbocycles. The summed E-state index contributed by atoms with van der Waals surface area (Å²) in [6, 6.07) is 5.83. The van der Waals surface area contributed by atoms with Crippen molar-refractivity contribution >= 4 is 5.91 Å². The second-order valence-corrected chi connectivity index (χ2v) is 5.68. The minimum absolute atomic E-state index is 0.00870. The van der Waals surface area contributed by atoms with Crippen molar-refractivity contribution < 1.29 is 14.3 Å². The molecule has 1 aromatic carbocycles. The largest absolute Gasteiger partial charge is 0.486 e. The van der Waals surface area contributed by atoms with Crippen molar-refractivity contribution in [3.63, 3.8) is 0 Å². The zero-order valence-electron chi connectivity index (χ0n) is 13.1. The zero-order chi connectivity index (χ0) is 15.4. The molecule has 2 atom stereocenters. The van der Waals surface area contributed by atoms with E-state index >= 15 is 0 Å². The molecule has 2 N–H and O–H groups in total. The molecule has 0 saturated heterocycles. The summed E-state index contributed by atoms with van der Waals surface area (Å²) in [5.41, 5.74) is 1.07. The molecule has 1 aliphatic rings. The Kier molecular flexibility index (Phi) is 5.07. The molecular weight excluding hydrogens is 268 g/mol. The Morgan fingerprint density at radius 2 is 1.76 bits per heavy atom. The quantitative estimate of drug-likeness (QED) is 0.871. The number of ether oxygens (including phenoxy) is 2. The first kappa shape index (κ1) is 15.6. The molecule has 5 heteroatoms. The third-order valence-electron chi connectivity index (χ3n) is 3.39. The van der Waals surface area contributed by atoms with E-state index in [9.17, 15) is 4.79 Å². The van der Waals surface area contributed by atoms with Gasteiger partial charge in [0.15, 0.2) is 11.5 Å². The van der Waals surface area contributed by atoms with Gasteiger partial charge in [0.2, 0.25) is 5.91 Å². The topological polar surface area (TPSA) is 59.6 Å². The van der Waals surface area contributed by atoms with Gasteiger partial charge in [-0.1, -0.05) is 6.07 Å². The molecule has 2 rings (SSSR count). The van der Waals surface area contributed by atoms with Gasteiger partial charge in [-0.3, -0.25) is 10.1 Å². The summed E-state index contributed by atoms with van der Waals surface area (Å²) in [7, 11) is 0. The molecule has 116 valence electrons. The van der Waals surface area contributed by atoms with E-state index in [1.165, 1.54) is 0 Å². The third kappa shape index (κ3) is 4.11. The van der Waals surface area contributed by atoms with Crippen LogP contribution in [0.1, 0.15) is 39.3 Å². The Morgan fingerprint density at radius 1 is 1.10 bits per heavy atom. The van der Waals surface area contributed by atoms with Gasteiger partial charge in [0.25, 0.3) is 0 Å². The molecule has 0 aromatic heterocycles. The van der Waals surface area contributed by atoms with Gasteiger partial charge < -0.3 is 14.8 Å². The molecule has 1 aromatic rings. The fourth-order valence-corrected chi connectivity index (χ4v) is 2.29. The molecule has 1 amide bonds. The molecule has 0 spiro atoms. The van der Waals surface area contributed by atoms with E-state index in [2.05, 4.69) is 10.6 Å². The molecule has 0 bridgehead atoms. The van der Waals surface area contributed by atoms with E-state index in [1.54, 1.807) is 0 Å². The highest BCUT2D eigenvalue weighted by Crippen LogP contribution is 2.32. The lowest BCUT2D eigenvalue weighted by molar-refractivity contribution is -0.123. The Bertz CT molecular complexity index is 502. The Hall–Kier alpha value is -1.75. The van der Waals surface area contributed by atoms with Gasteiger partial charge in [-0.2, -0.15) is 0 Å². The van der Waals surface area contributed by atoms with Crippen LogP contribution in [0.3, 0.4) is 0 Å². The van der Waals surface area contributed by atoms with E-state index in [0.29, 0.717) is 13.2 Å². The summed E-state index contributed by atoms with van der Waals surface area (Å²) >= 11 is 0. The van der Waals surface area contributed by atoms with E-state index < -0.39 is 0 Å². The SMILES string of the molecule is CC(C)NC(=O)C(C)NC(C)c1ccc2c(c1)OCCO2. The molecule has 21 heavy (non-hydrogen) atoms. The maximum Gasteiger partial charge on any atom is 0.237 e. The average Bonchev–Trinajstić information content (AvgIpc) is 2.45. The Labute approximate surface area is 126 Å². The molecule has 5 nitrogen and oxygen atoms in total. The number of carbonyl (C=O) groups excluding carboxylic acids is 1. The first-order valence-electron chi connectivity index (χ1n) is 7.43. The number of rotatable bonds is 5. The number of fused-ring (bicyclic) bond motifs is 1. The third-order valence-corrected chi connectivity index (χ3v) is 3.39. The van der Waals surface area contributed by atoms with Gasteiger partial charge in [0.05, 0.1) is 6.04 Å². The fourth-order valence-electron chi connectivity index (χ4n) is 2.29. The maximum atomic E-state index is 11.9. The van der Waals surface area contributed by atoms with Crippen molar-refractivity contribution in [2.45, 2.75) is 45.8 Å². The van der Waals surface area contributed by atoms with Crippen LogP contribution in [0.2, 0.25) is 0 Å². The summed E-state index contributed by atoms with van der Waals surface area (Å²) in [5.74, 6) is 1.56. The molecule has 0 saturated carbocycles. The minimum Gasteiger partial charge on any atom is -0.486 e. The monoisotopic (exact) mass is 292 g/mol. The van der Waals surface area contributed by atoms with Gasteiger partial charge in [0.1, 0.15) is 13.2 Å². The number of carbonyl (C=O) groups is 1. The van der Waals surface area contributed by atoms with Crippen LogP contribution in [-0.2, 0) is 4.79 Å². The van der Waals surface area contributed by atoms with Crippen molar-refractivity contribution in [1.29, 1.82) is 0 Å². The second-order valence-electron chi connectivity index (χ2n) is 5.68. The van der Waals surface area contributed by atoms with Crippen molar-refractivity contribution in [2.75, 3.05) is 13.2 Å². The maximum absolute atomic E-state index is 11.9. The lowest BCUT2D eigenvalue weighted by Gasteiger charge is -2.23. The molecule has 0 fully saturated rings. The van der Waals surface area contributed by atoms with Crippen LogP contribution in [0.15, 0.2) is 18.2 Å². The number of nitrogens with one attached hydrogen (secondary N) is 2. The molecule has 2 unspecified atom stereocenters. The highest BCUT2D eigenvalue weighted by Gasteiger charge is 2.19. The first-order chi connectivity index (χ1) is 9.97. The first-order valence-corrected chi connectivity index (χ1v) is 7.43. The van der Waals surface area contributed by atoms with Crippen LogP contribution in [0.25, 0.3) is 0 Å². The summed E-state index contributed by atoms with van der Waals surface area (Å²) < 4.78 is 11.1. The minimum atomic E-state index is -0.254. The van der Waals surface area contributed by atoms with Crippen LogP contribution >= 0.6 is 0 Å². The van der Waals surface area contributed by atoms with Crippen LogP contribution in [0.4, 0.5) is 0 Å². The standard InChI is InChI=1S/C16H24N2O3/c1-10(2)17-16(19)12(4)18-11(3)13-5-6-14-15(9-13)21-8-7-20-14/h5-6,9-12,18H,7-8H2,1-4H3,(H,17,19). The van der Waals surface area contributed by atoms with Gasteiger partial charge in [-0.05, 0) is 45.4 Å². The number of benzene rings is 1. The summed E-state index contributed by atoms with van der Waals surface area (Å²) in [4.78, 5) is 11.9. The van der Waals surface area contributed by atoms with Gasteiger partial charge in [0, 0.05) is 12.1 Å². The van der Waals surface area contributed by atoms with Gasteiger partial charge in [-0.25, -0.2) is 0 Å². The second kappa shape index (κ2) is 6.80. The highest BCUT2D eigenvalue weighted by atomic mass is 16.6. The van der Waals surface area contributed by atoms with Crippen molar-refractivity contribution in [3.8, 4) is 11.5 Å². The van der Waals surface area contributed by atoms with Crippen LogP contribution in [0, 0.1) is 0 Å². The van der Waals surface area contributed by atoms with Crippen molar-refractivity contribution in [3.05, 3.63) is 23.8 Å². The Balaban J connectivity index is 1.99. The van der Waals surface area contributed by atoms with Crippen LogP contribution < -0.4 is 20.1 Å². The zero-order valence-corrected chi connectivity index (χ0v) is 13.1. The van der Waals surface area contributed by atoms with E-state index in [-0.39, 0.29) is 24.0 Å². The number of amides is 1. The van der Waals surface area contributed by atoms with Gasteiger partial charge >= 0.3 is 0 Å². The molecule has 1 aliphatic heterocycles. The highest BCUT2D eigenvalue weighted by molar-refractivity contribution is 5.81. The number of hydrogen-bond donors (Lipinski definition) is 2. The predicted molar refractivity (Wildman–Crippen MR) is 81.7 cm³/mol.